The summed E-state index contributed by atoms with van der Waals surface area (Å²) in [6.45, 7) is 7.33. The third kappa shape index (κ3) is 5.83. The minimum Gasteiger partial charge on any atom is -0.355 e. The molecule has 1 aliphatic carbocycles. The zero-order valence-corrected chi connectivity index (χ0v) is 24.9. The number of likely N-dealkylation sites (N-methyl/N-ethyl adjacent to an activating group) is 1. The number of Topliss-reactive ketones (excluding diaryl/α,β-unsaturated/α-hetero) is 1. The van der Waals surface area contributed by atoms with Gasteiger partial charge in [0, 0.05) is 74.9 Å². The second kappa shape index (κ2) is 11.7. The Kier molecular flexibility index (Phi) is 7.99. The number of carbonyl (C=O) groups is 1. The summed E-state index contributed by atoms with van der Waals surface area (Å²) in [6.07, 6.45) is 9.43. The van der Waals surface area contributed by atoms with Gasteiger partial charge in [-0.3, -0.25) is 4.79 Å². The molecule has 0 aromatic carbocycles. The average molecular weight is 595 g/mol. The number of pyridine rings is 1. The van der Waals surface area contributed by atoms with Gasteiger partial charge in [0.15, 0.2) is 5.82 Å². The Balaban J connectivity index is 1.09. The monoisotopic (exact) mass is 594 g/mol. The number of ketones is 1. The molecule has 13 heteroatoms. The number of piperidine rings is 1. The number of halogens is 1. The first-order chi connectivity index (χ1) is 19.8. The van der Waals surface area contributed by atoms with Crippen LogP contribution in [0.3, 0.4) is 0 Å². The maximum Gasteiger partial charge on any atom is 0.227 e. The van der Waals surface area contributed by atoms with Crippen molar-refractivity contribution in [1.82, 2.24) is 29.8 Å². The predicted molar refractivity (Wildman–Crippen MR) is 161 cm³/mol. The summed E-state index contributed by atoms with van der Waals surface area (Å²) >= 11 is 8.19. The van der Waals surface area contributed by atoms with Crippen molar-refractivity contribution in [1.29, 1.82) is 0 Å². The molecule has 1 saturated carbocycles. The van der Waals surface area contributed by atoms with Gasteiger partial charge in [0.2, 0.25) is 5.95 Å². The summed E-state index contributed by atoms with van der Waals surface area (Å²) in [7, 11) is 2.12. The number of anilines is 4. The summed E-state index contributed by atoms with van der Waals surface area (Å²) in [5.74, 6) is 2.93. The maximum absolute atomic E-state index is 12.3. The van der Waals surface area contributed by atoms with E-state index in [9.17, 15) is 4.79 Å². The first kappa shape index (κ1) is 28.1. The number of nitrogens with zero attached hydrogens (tertiary/aromatic N) is 8. The molecular formula is C28H35ClN10OS. The molecule has 0 bridgehead atoms. The van der Waals surface area contributed by atoms with Crippen LogP contribution in [0.5, 0.6) is 0 Å². The van der Waals surface area contributed by atoms with E-state index in [0.717, 1.165) is 67.8 Å². The first-order valence-electron chi connectivity index (χ1n) is 14.0. The molecule has 2 saturated heterocycles. The number of aromatic nitrogens is 5. The van der Waals surface area contributed by atoms with Gasteiger partial charge in [-0.15, -0.1) is 0 Å². The van der Waals surface area contributed by atoms with Crippen LogP contribution < -0.4 is 20.9 Å². The summed E-state index contributed by atoms with van der Waals surface area (Å²) in [5, 5.41) is 4.47. The first-order valence-corrected chi connectivity index (χ1v) is 15.2. The van der Waals surface area contributed by atoms with E-state index in [2.05, 4.69) is 52.0 Å². The summed E-state index contributed by atoms with van der Waals surface area (Å²) in [6, 6.07) is 3.61. The van der Waals surface area contributed by atoms with Gasteiger partial charge >= 0.3 is 0 Å². The highest BCUT2D eigenvalue weighted by atomic mass is 35.5. The molecule has 3 aromatic rings. The van der Waals surface area contributed by atoms with Crippen LogP contribution in [0.2, 0.25) is 5.02 Å². The molecule has 3 aliphatic rings. The molecule has 6 rings (SSSR count). The zero-order valence-electron chi connectivity index (χ0n) is 23.3. The summed E-state index contributed by atoms with van der Waals surface area (Å²) in [4.78, 5) is 42.7. The van der Waals surface area contributed by atoms with Crippen LogP contribution in [0.1, 0.15) is 26.2 Å². The van der Waals surface area contributed by atoms with Crippen LogP contribution in [0.15, 0.2) is 46.8 Å². The highest BCUT2D eigenvalue weighted by Crippen LogP contribution is 2.46. The lowest BCUT2D eigenvalue weighted by Gasteiger charge is -2.42. The second-order valence-corrected chi connectivity index (χ2v) is 12.7. The molecule has 0 radical (unpaired) electrons. The molecule has 0 unspecified atom stereocenters. The highest BCUT2D eigenvalue weighted by molar-refractivity contribution is 7.99. The molecule has 1 spiro atoms. The highest BCUT2D eigenvalue weighted by Gasteiger charge is 2.50. The number of hydrogen-bond donors (Lipinski definition) is 2. The van der Waals surface area contributed by atoms with Crippen molar-refractivity contribution in [2.24, 2.45) is 17.1 Å². The van der Waals surface area contributed by atoms with Crippen molar-refractivity contribution >= 4 is 52.5 Å². The third-order valence-corrected chi connectivity index (χ3v) is 10.2. The van der Waals surface area contributed by atoms with E-state index in [1.807, 2.05) is 19.1 Å². The maximum atomic E-state index is 12.3. The number of rotatable bonds is 6. The third-order valence-electron chi connectivity index (χ3n) is 8.72. The Bertz CT molecular complexity index is 1390. The minimum atomic E-state index is -0.0714. The van der Waals surface area contributed by atoms with Gasteiger partial charge in [0.25, 0.3) is 0 Å². The number of nitrogens with one attached hydrogen (secondary N) is 1. The van der Waals surface area contributed by atoms with E-state index in [1.54, 1.807) is 24.8 Å². The molecule has 41 heavy (non-hydrogen) atoms. The van der Waals surface area contributed by atoms with Crippen LogP contribution in [0.4, 0.5) is 23.4 Å². The van der Waals surface area contributed by atoms with Crippen LogP contribution in [-0.2, 0) is 4.79 Å². The van der Waals surface area contributed by atoms with Crippen molar-refractivity contribution in [3.63, 3.8) is 0 Å². The normalized spacial score (nSPS) is 22.9. The quantitative estimate of drug-likeness (QED) is 0.433. The fourth-order valence-electron chi connectivity index (χ4n) is 5.98. The lowest BCUT2D eigenvalue weighted by molar-refractivity contribution is -0.120. The molecule has 3 fully saturated rings. The summed E-state index contributed by atoms with van der Waals surface area (Å²) < 4.78 is 0. The lowest BCUT2D eigenvalue weighted by atomic mass is 9.73. The number of hydrogen-bond acceptors (Lipinski definition) is 12. The molecule has 3 N–H and O–H groups in total. The van der Waals surface area contributed by atoms with Gasteiger partial charge in [0.05, 0.1) is 17.4 Å². The molecule has 5 heterocycles. The van der Waals surface area contributed by atoms with Gasteiger partial charge in [-0.25, -0.2) is 19.9 Å². The Hall–Kier alpha value is -3.06. The Morgan fingerprint density at radius 3 is 2.44 bits per heavy atom. The smallest absolute Gasteiger partial charge is 0.227 e. The molecule has 3 aromatic heterocycles. The fraction of sp³-hybridized carbons (Fsp3) is 0.500. The van der Waals surface area contributed by atoms with Crippen molar-refractivity contribution in [2.75, 3.05) is 61.4 Å². The number of nitrogens with two attached hydrogens (primary N) is 1. The van der Waals surface area contributed by atoms with Crippen LogP contribution >= 0.6 is 23.4 Å². The standard InChI is InChI=1S/C28H35ClN10OS/c1-18-19(40)15-28(25(18)30)5-9-38(10-6-28)22-16-34-23(17-33-22)41-20-3-7-31-26(24(20)29)35-21-4-8-32-27(36-21)39-13-11-37(2)12-14-39/h3-4,7-8,16-18,25H,5-6,9-15,30H2,1-2H3,(H,31,32,35,36)/t18-,25+/m1/s1. The van der Waals surface area contributed by atoms with Crippen LogP contribution in [-0.4, -0.2) is 88.0 Å². The van der Waals surface area contributed by atoms with E-state index in [0.29, 0.717) is 34.8 Å². The van der Waals surface area contributed by atoms with Crippen molar-refractivity contribution in [2.45, 2.75) is 42.1 Å². The second-order valence-electron chi connectivity index (χ2n) is 11.3. The van der Waals surface area contributed by atoms with Crippen molar-refractivity contribution < 1.29 is 4.79 Å². The minimum absolute atomic E-state index is 0.0473. The van der Waals surface area contributed by atoms with Gasteiger partial charge in [0.1, 0.15) is 22.4 Å². The van der Waals surface area contributed by atoms with Gasteiger partial charge < -0.3 is 25.8 Å². The Morgan fingerprint density at radius 1 is 1.00 bits per heavy atom. The van der Waals surface area contributed by atoms with E-state index < -0.39 is 0 Å². The van der Waals surface area contributed by atoms with Gasteiger partial charge in [-0.1, -0.05) is 30.3 Å². The molecule has 2 aliphatic heterocycles. The van der Waals surface area contributed by atoms with Crippen LogP contribution in [0.25, 0.3) is 0 Å². The van der Waals surface area contributed by atoms with E-state index in [4.69, 9.17) is 17.3 Å². The van der Waals surface area contributed by atoms with E-state index in [1.165, 1.54) is 11.8 Å². The van der Waals surface area contributed by atoms with Gasteiger partial charge in [-0.05, 0) is 37.4 Å². The molecular weight excluding hydrogens is 560 g/mol. The molecule has 216 valence electrons. The summed E-state index contributed by atoms with van der Waals surface area (Å²) in [5.41, 5.74) is 6.39. The molecule has 0 amide bonds. The number of carbonyl (C=O) groups excluding carboxylic acids is 1. The molecule has 2 atom stereocenters. The van der Waals surface area contributed by atoms with Crippen molar-refractivity contribution in [3.05, 3.63) is 41.9 Å². The fourth-order valence-corrected chi connectivity index (χ4v) is 7.00. The SMILES string of the molecule is C[C@@H]1C(=O)CC2(CCN(c3cnc(Sc4ccnc(Nc5ccnc(N6CCN(C)CC6)n5)c4Cl)cn3)CC2)[C@H]1N. The van der Waals surface area contributed by atoms with E-state index in [-0.39, 0.29) is 17.4 Å². The van der Waals surface area contributed by atoms with Crippen molar-refractivity contribution in [3.8, 4) is 0 Å². The lowest BCUT2D eigenvalue weighted by Crippen LogP contribution is -2.48. The number of piperazine rings is 1. The average Bonchev–Trinajstić information content (AvgIpc) is 3.19. The topological polar surface area (TPSA) is 129 Å². The van der Waals surface area contributed by atoms with E-state index >= 15 is 0 Å². The van der Waals surface area contributed by atoms with Crippen LogP contribution in [0, 0.1) is 11.3 Å². The Labute approximate surface area is 249 Å². The zero-order chi connectivity index (χ0) is 28.6. The van der Waals surface area contributed by atoms with Gasteiger partial charge in [-0.2, -0.15) is 4.98 Å². The molecule has 11 nitrogen and oxygen atoms in total. The predicted octanol–water partition coefficient (Wildman–Crippen LogP) is 3.48. The largest absolute Gasteiger partial charge is 0.355 e. The Morgan fingerprint density at radius 2 is 1.76 bits per heavy atom.